The molecule has 0 amide bonds. The first-order valence-electron chi connectivity index (χ1n) is 8.43. The average Bonchev–Trinajstić information content (AvgIpc) is 2.86. The molecule has 0 aromatic heterocycles. The van der Waals surface area contributed by atoms with E-state index < -0.39 is 0 Å². The smallest absolute Gasteiger partial charge is 0.191 e. The van der Waals surface area contributed by atoms with Gasteiger partial charge in [0, 0.05) is 45.4 Å². The molecule has 0 aliphatic carbocycles. The van der Waals surface area contributed by atoms with Crippen molar-refractivity contribution in [2.45, 2.75) is 58.2 Å². The summed E-state index contributed by atoms with van der Waals surface area (Å²) < 4.78 is 5.76. The van der Waals surface area contributed by atoms with Gasteiger partial charge in [0.2, 0.25) is 0 Å². The van der Waals surface area contributed by atoms with Crippen LogP contribution in [-0.2, 0) is 4.74 Å². The summed E-state index contributed by atoms with van der Waals surface area (Å²) in [6, 6.07) is 1.09. The van der Waals surface area contributed by atoms with Crippen molar-refractivity contribution in [3.63, 3.8) is 0 Å². The molecule has 0 spiro atoms. The van der Waals surface area contributed by atoms with E-state index in [1.54, 1.807) is 0 Å². The van der Waals surface area contributed by atoms with Gasteiger partial charge in [-0.25, -0.2) is 0 Å². The van der Waals surface area contributed by atoms with Gasteiger partial charge in [0.05, 0.1) is 6.10 Å². The Kier molecular flexibility index (Phi) is 6.30. The highest BCUT2D eigenvalue weighted by Crippen LogP contribution is 2.18. The number of hydrogen-bond acceptors (Lipinski definition) is 3. The number of rotatable bonds is 4. The highest BCUT2D eigenvalue weighted by molar-refractivity contribution is 5.80. The number of aliphatic imine (C=N–C) groups is 1. The van der Waals surface area contributed by atoms with Gasteiger partial charge in [-0.1, -0.05) is 6.92 Å². The zero-order valence-corrected chi connectivity index (χ0v) is 14.1. The zero-order chi connectivity index (χ0) is 15.2. The third-order valence-electron chi connectivity index (χ3n) is 4.69. The van der Waals surface area contributed by atoms with Crippen LogP contribution >= 0.6 is 0 Å². The molecule has 0 saturated carbocycles. The Balaban J connectivity index is 1.77. The predicted molar refractivity (Wildman–Crippen MR) is 87.7 cm³/mol. The molecule has 2 saturated heterocycles. The Bertz CT molecular complexity index is 339. The fraction of sp³-hybridized carbons (Fsp3) is 0.938. The number of nitrogens with zero attached hydrogens (tertiary/aromatic N) is 2. The first-order valence-corrected chi connectivity index (χ1v) is 8.43. The second-order valence-electron chi connectivity index (χ2n) is 6.72. The van der Waals surface area contributed by atoms with Crippen molar-refractivity contribution >= 4 is 5.96 Å². The number of guanidine groups is 1. The molecule has 2 fully saturated rings. The summed E-state index contributed by atoms with van der Waals surface area (Å²) in [5, 5.41) is 7.01. The van der Waals surface area contributed by atoms with E-state index in [0.29, 0.717) is 24.1 Å². The largest absolute Gasteiger partial charge is 0.376 e. The van der Waals surface area contributed by atoms with Crippen LogP contribution in [0.4, 0.5) is 0 Å². The number of nitrogens with one attached hydrogen (secondary N) is 2. The van der Waals surface area contributed by atoms with Crippen LogP contribution in [0.3, 0.4) is 0 Å². The lowest BCUT2D eigenvalue weighted by molar-refractivity contribution is 0.0194. The van der Waals surface area contributed by atoms with Crippen molar-refractivity contribution in [1.82, 2.24) is 15.5 Å². The standard InChI is InChI=1S/C16H32N4O/c1-12(2)20-10-13(3)15(11-20)19-16(17-4)18-9-14-7-5-6-8-21-14/h12-15H,5-11H2,1-4H3,(H2,17,18,19). The number of likely N-dealkylation sites (tertiary alicyclic amines) is 1. The monoisotopic (exact) mass is 296 g/mol. The van der Waals surface area contributed by atoms with Crippen LogP contribution in [0.5, 0.6) is 0 Å². The van der Waals surface area contributed by atoms with Crippen molar-refractivity contribution in [1.29, 1.82) is 0 Å². The summed E-state index contributed by atoms with van der Waals surface area (Å²) >= 11 is 0. The van der Waals surface area contributed by atoms with Gasteiger partial charge < -0.3 is 15.4 Å². The minimum Gasteiger partial charge on any atom is -0.376 e. The first kappa shape index (κ1) is 16.6. The van der Waals surface area contributed by atoms with E-state index in [2.05, 4.69) is 41.3 Å². The Morgan fingerprint density at radius 1 is 1.33 bits per heavy atom. The molecular formula is C16H32N4O. The van der Waals surface area contributed by atoms with Gasteiger partial charge in [-0.15, -0.1) is 0 Å². The quantitative estimate of drug-likeness (QED) is 0.609. The van der Waals surface area contributed by atoms with Crippen LogP contribution in [0.25, 0.3) is 0 Å². The normalized spacial score (nSPS) is 31.7. The van der Waals surface area contributed by atoms with Crippen molar-refractivity contribution < 1.29 is 4.74 Å². The molecule has 21 heavy (non-hydrogen) atoms. The third kappa shape index (κ3) is 4.85. The van der Waals surface area contributed by atoms with Crippen LogP contribution in [0.1, 0.15) is 40.0 Å². The summed E-state index contributed by atoms with van der Waals surface area (Å²) in [6.07, 6.45) is 3.98. The second kappa shape index (κ2) is 7.99. The van der Waals surface area contributed by atoms with Gasteiger partial charge in [-0.05, 0) is 39.0 Å². The molecule has 5 nitrogen and oxygen atoms in total. The Morgan fingerprint density at radius 2 is 2.14 bits per heavy atom. The average molecular weight is 296 g/mol. The Hall–Kier alpha value is -0.810. The van der Waals surface area contributed by atoms with Gasteiger partial charge >= 0.3 is 0 Å². The molecule has 3 atom stereocenters. The summed E-state index contributed by atoms with van der Waals surface area (Å²) in [4.78, 5) is 6.89. The molecule has 0 aromatic carbocycles. The number of ether oxygens (including phenoxy) is 1. The van der Waals surface area contributed by atoms with E-state index in [0.717, 1.165) is 38.6 Å². The van der Waals surface area contributed by atoms with Gasteiger partial charge in [-0.2, -0.15) is 0 Å². The van der Waals surface area contributed by atoms with Gasteiger partial charge in [0.1, 0.15) is 0 Å². The van der Waals surface area contributed by atoms with Gasteiger partial charge in [-0.3, -0.25) is 9.89 Å². The van der Waals surface area contributed by atoms with E-state index in [9.17, 15) is 0 Å². The Labute approximate surface area is 129 Å². The minimum atomic E-state index is 0.338. The van der Waals surface area contributed by atoms with Crippen molar-refractivity contribution in [3.8, 4) is 0 Å². The predicted octanol–water partition coefficient (Wildman–Crippen LogP) is 1.45. The van der Waals surface area contributed by atoms with E-state index in [4.69, 9.17) is 4.74 Å². The van der Waals surface area contributed by atoms with Crippen LogP contribution < -0.4 is 10.6 Å². The summed E-state index contributed by atoms with van der Waals surface area (Å²) in [6.45, 7) is 10.9. The fourth-order valence-electron chi connectivity index (χ4n) is 3.16. The van der Waals surface area contributed by atoms with Crippen LogP contribution in [0.2, 0.25) is 0 Å². The van der Waals surface area contributed by atoms with Crippen LogP contribution in [0.15, 0.2) is 4.99 Å². The lowest BCUT2D eigenvalue weighted by Gasteiger charge is -2.25. The lowest BCUT2D eigenvalue weighted by atomic mass is 10.1. The lowest BCUT2D eigenvalue weighted by Crippen LogP contribution is -2.48. The van der Waals surface area contributed by atoms with Crippen molar-refractivity contribution in [2.24, 2.45) is 10.9 Å². The van der Waals surface area contributed by atoms with Gasteiger partial charge in [0.25, 0.3) is 0 Å². The van der Waals surface area contributed by atoms with Crippen molar-refractivity contribution in [2.75, 3.05) is 33.3 Å². The summed E-state index contributed by atoms with van der Waals surface area (Å²) in [5.74, 6) is 1.56. The second-order valence-corrected chi connectivity index (χ2v) is 6.72. The minimum absolute atomic E-state index is 0.338. The van der Waals surface area contributed by atoms with Crippen molar-refractivity contribution in [3.05, 3.63) is 0 Å². The topological polar surface area (TPSA) is 48.9 Å². The van der Waals surface area contributed by atoms with E-state index in [1.807, 2.05) is 7.05 Å². The zero-order valence-electron chi connectivity index (χ0n) is 14.1. The fourth-order valence-corrected chi connectivity index (χ4v) is 3.16. The molecule has 0 radical (unpaired) electrons. The first-order chi connectivity index (χ1) is 10.1. The maximum Gasteiger partial charge on any atom is 0.191 e. The molecule has 2 aliphatic heterocycles. The van der Waals surface area contributed by atoms with Crippen LogP contribution in [-0.4, -0.2) is 62.3 Å². The highest BCUT2D eigenvalue weighted by atomic mass is 16.5. The number of hydrogen-bond donors (Lipinski definition) is 2. The van der Waals surface area contributed by atoms with Gasteiger partial charge in [0.15, 0.2) is 5.96 Å². The molecule has 5 heteroatoms. The molecule has 2 N–H and O–H groups in total. The van der Waals surface area contributed by atoms with E-state index >= 15 is 0 Å². The molecule has 2 aliphatic rings. The van der Waals surface area contributed by atoms with E-state index in [-0.39, 0.29) is 0 Å². The maximum atomic E-state index is 5.76. The Morgan fingerprint density at radius 3 is 2.71 bits per heavy atom. The maximum absolute atomic E-state index is 5.76. The summed E-state index contributed by atoms with van der Waals surface area (Å²) in [7, 11) is 1.84. The summed E-state index contributed by atoms with van der Waals surface area (Å²) in [5.41, 5.74) is 0. The SMILES string of the molecule is CN=C(NCC1CCCCO1)NC1CN(C(C)C)CC1C. The van der Waals surface area contributed by atoms with E-state index in [1.165, 1.54) is 12.8 Å². The highest BCUT2D eigenvalue weighted by Gasteiger charge is 2.31. The molecule has 122 valence electrons. The molecule has 0 aromatic rings. The molecule has 3 unspecified atom stereocenters. The van der Waals surface area contributed by atoms with Crippen LogP contribution in [0, 0.1) is 5.92 Å². The molecule has 2 heterocycles. The third-order valence-corrected chi connectivity index (χ3v) is 4.69. The molecular weight excluding hydrogens is 264 g/mol. The molecule has 0 bridgehead atoms. The molecule has 2 rings (SSSR count).